The predicted molar refractivity (Wildman–Crippen MR) is 138 cm³/mol. The summed E-state index contributed by atoms with van der Waals surface area (Å²) in [7, 11) is 0. The van der Waals surface area contributed by atoms with Crippen LogP contribution in [0, 0.1) is 23.2 Å². The maximum atomic E-state index is 10.8. The van der Waals surface area contributed by atoms with Crippen LogP contribution in [0.4, 0.5) is 0 Å². The van der Waals surface area contributed by atoms with E-state index in [2.05, 4.69) is 32.2 Å². The first-order chi connectivity index (χ1) is 15.9. The second-order valence-electron chi connectivity index (χ2n) is 12.1. The molecule has 0 radical (unpaired) electrons. The number of phenolic OH excluding ortho intramolecular Hbond substituents is 1. The number of benzene rings is 1. The Labute approximate surface area is 202 Å². The molecule has 186 valence electrons. The first kappa shape index (κ1) is 25.0. The van der Waals surface area contributed by atoms with Crippen molar-refractivity contribution in [3.05, 3.63) is 29.3 Å². The summed E-state index contributed by atoms with van der Waals surface area (Å²) in [6, 6.07) is 6.76. The lowest BCUT2D eigenvalue weighted by Crippen LogP contribution is -2.47. The van der Waals surface area contributed by atoms with Gasteiger partial charge in [0.25, 0.3) is 0 Å². The summed E-state index contributed by atoms with van der Waals surface area (Å²) < 4.78 is 0. The quantitative estimate of drug-likeness (QED) is 0.316. The van der Waals surface area contributed by atoms with E-state index in [0.717, 1.165) is 25.8 Å². The molecule has 0 amide bonds. The van der Waals surface area contributed by atoms with Gasteiger partial charge in [0, 0.05) is 6.04 Å². The van der Waals surface area contributed by atoms with Crippen LogP contribution >= 0.6 is 0 Å². The lowest BCUT2D eigenvalue weighted by atomic mass is 9.52. The van der Waals surface area contributed by atoms with Crippen molar-refractivity contribution in [1.82, 2.24) is 5.32 Å². The van der Waals surface area contributed by atoms with Crippen LogP contribution in [0.25, 0.3) is 0 Å². The molecular formula is C30H49NO2. The molecule has 33 heavy (non-hydrogen) atoms. The van der Waals surface area contributed by atoms with Crippen LogP contribution in [0.5, 0.6) is 5.75 Å². The fourth-order valence-corrected chi connectivity index (χ4v) is 7.84. The van der Waals surface area contributed by atoms with Crippen molar-refractivity contribution >= 4 is 0 Å². The minimum absolute atomic E-state index is 0.110. The Bertz CT molecular complexity index is 762. The summed E-state index contributed by atoms with van der Waals surface area (Å²) in [5, 5.41) is 24.5. The van der Waals surface area contributed by atoms with Gasteiger partial charge in [0.15, 0.2) is 0 Å². The minimum atomic E-state index is -0.110. The SMILES string of the molecule is CC(C)NCCCCCCCCCC1Cc2cc(O)ccc2C2CCC3(C)C(O)CCC3C12. The number of unbranched alkanes of at least 4 members (excludes halogenated alkanes) is 6. The Morgan fingerprint density at radius 3 is 2.48 bits per heavy atom. The summed E-state index contributed by atoms with van der Waals surface area (Å²) >= 11 is 0. The molecule has 1 aromatic rings. The van der Waals surface area contributed by atoms with Gasteiger partial charge in [-0.1, -0.05) is 65.4 Å². The molecule has 3 nitrogen and oxygen atoms in total. The van der Waals surface area contributed by atoms with E-state index in [0.29, 0.717) is 35.5 Å². The third-order valence-corrected chi connectivity index (χ3v) is 9.64. The predicted octanol–water partition coefficient (Wildman–Crippen LogP) is 6.95. The van der Waals surface area contributed by atoms with Crippen molar-refractivity contribution in [3.8, 4) is 5.75 Å². The van der Waals surface area contributed by atoms with Gasteiger partial charge < -0.3 is 15.5 Å². The van der Waals surface area contributed by atoms with Gasteiger partial charge in [-0.15, -0.1) is 0 Å². The first-order valence-electron chi connectivity index (χ1n) is 14.1. The van der Waals surface area contributed by atoms with E-state index in [9.17, 15) is 10.2 Å². The minimum Gasteiger partial charge on any atom is -0.508 e. The third-order valence-electron chi connectivity index (χ3n) is 9.64. The molecule has 3 aliphatic carbocycles. The molecule has 3 aliphatic rings. The van der Waals surface area contributed by atoms with Crippen molar-refractivity contribution in [2.45, 2.75) is 122 Å². The van der Waals surface area contributed by atoms with Gasteiger partial charge in [0.1, 0.15) is 5.75 Å². The average molecular weight is 456 g/mol. The van der Waals surface area contributed by atoms with Crippen LogP contribution in [0.1, 0.15) is 115 Å². The van der Waals surface area contributed by atoms with Crippen LogP contribution in [0.15, 0.2) is 18.2 Å². The molecule has 0 saturated heterocycles. The Hall–Kier alpha value is -1.06. The van der Waals surface area contributed by atoms with Crippen molar-refractivity contribution < 1.29 is 10.2 Å². The second kappa shape index (κ2) is 11.1. The monoisotopic (exact) mass is 455 g/mol. The number of aliphatic hydroxyl groups excluding tert-OH is 1. The number of aliphatic hydroxyl groups is 1. The zero-order chi connectivity index (χ0) is 23.4. The van der Waals surface area contributed by atoms with E-state index >= 15 is 0 Å². The van der Waals surface area contributed by atoms with E-state index in [1.54, 1.807) is 0 Å². The molecule has 3 N–H and O–H groups in total. The molecule has 0 bridgehead atoms. The van der Waals surface area contributed by atoms with Crippen molar-refractivity contribution in [2.24, 2.45) is 23.2 Å². The molecule has 0 spiro atoms. The highest BCUT2D eigenvalue weighted by Crippen LogP contribution is 2.62. The molecule has 2 saturated carbocycles. The molecule has 0 heterocycles. The van der Waals surface area contributed by atoms with Crippen LogP contribution < -0.4 is 5.32 Å². The standard InChI is InChI=1S/C30H49NO2/c1-21(2)31-18-10-8-6-4-5-7-9-11-22-19-23-20-24(32)12-13-25(23)26-16-17-30(3)27(29(22)26)14-15-28(30)33/h12-13,20-22,26-29,31-33H,4-11,14-19H2,1-3H3. The van der Waals surface area contributed by atoms with Gasteiger partial charge in [-0.3, -0.25) is 0 Å². The van der Waals surface area contributed by atoms with E-state index in [1.807, 2.05) is 12.1 Å². The van der Waals surface area contributed by atoms with Crippen LogP contribution in [-0.2, 0) is 6.42 Å². The molecule has 4 rings (SSSR count). The number of nitrogens with one attached hydrogen (secondary N) is 1. The molecule has 6 atom stereocenters. The highest BCUT2D eigenvalue weighted by atomic mass is 16.3. The summed E-state index contributed by atoms with van der Waals surface area (Å²) in [5.74, 6) is 3.14. The number of hydrogen-bond acceptors (Lipinski definition) is 3. The first-order valence-corrected chi connectivity index (χ1v) is 14.1. The Morgan fingerprint density at radius 1 is 1.00 bits per heavy atom. The fraction of sp³-hybridized carbons (Fsp3) is 0.800. The Kier molecular flexibility index (Phi) is 8.44. The molecule has 6 unspecified atom stereocenters. The lowest BCUT2D eigenvalue weighted by molar-refractivity contribution is -0.0396. The molecule has 0 aromatic heterocycles. The van der Waals surface area contributed by atoms with Gasteiger partial charge in [0.05, 0.1) is 6.10 Å². The van der Waals surface area contributed by atoms with Gasteiger partial charge in [-0.25, -0.2) is 0 Å². The van der Waals surface area contributed by atoms with Crippen LogP contribution in [0.2, 0.25) is 0 Å². The van der Waals surface area contributed by atoms with E-state index in [4.69, 9.17) is 0 Å². The summed E-state index contributed by atoms with van der Waals surface area (Å²) in [5.41, 5.74) is 3.03. The maximum Gasteiger partial charge on any atom is 0.115 e. The number of hydrogen-bond donors (Lipinski definition) is 3. The van der Waals surface area contributed by atoms with Gasteiger partial charge in [0.2, 0.25) is 0 Å². The van der Waals surface area contributed by atoms with E-state index < -0.39 is 0 Å². The molecule has 0 aliphatic heterocycles. The average Bonchev–Trinajstić information content (AvgIpc) is 3.08. The molecule has 1 aromatic carbocycles. The lowest BCUT2D eigenvalue weighted by Gasteiger charge is -2.53. The summed E-state index contributed by atoms with van der Waals surface area (Å²) in [6.45, 7) is 7.98. The van der Waals surface area contributed by atoms with Gasteiger partial charge in [-0.05, 0) is 104 Å². The zero-order valence-electron chi connectivity index (χ0n) is 21.5. The van der Waals surface area contributed by atoms with E-state index in [-0.39, 0.29) is 11.5 Å². The van der Waals surface area contributed by atoms with E-state index in [1.165, 1.54) is 75.3 Å². The highest BCUT2D eigenvalue weighted by Gasteiger charge is 2.56. The molecule has 3 heteroatoms. The Balaban J connectivity index is 1.31. The number of aromatic hydroxyl groups is 1. The maximum absolute atomic E-state index is 10.8. The van der Waals surface area contributed by atoms with Gasteiger partial charge in [-0.2, -0.15) is 0 Å². The normalized spacial score (nSPS) is 33.1. The second-order valence-corrected chi connectivity index (χ2v) is 12.1. The number of rotatable bonds is 11. The van der Waals surface area contributed by atoms with Gasteiger partial charge >= 0.3 is 0 Å². The van der Waals surface area contributed by atoms with Crippen molar-refractivity contribution in [3.63, 3.8) is 0 Å². The van der Waals surface area contributed by atoms with Crippen LogP contribution in [0.3, 0.4) is 0 Å². The number of fused-ring (bicyclic) bond motifs is 5. The largest absolute Gasteiger partial charge is 0.508 e. The zero-order valence-corrected chi connectivity index (χ0v) is 21.5. The smallest absolute Gasteiger partial charge is 0.115 e. The highest BCUT2D eigenvalue weighted by molar-refractivity contribution is 5.40. The summed E-state index contributed by atoms with van der Waals surface area (Å²) in [4.78, 5) is 0. The van der Waals surface area contributed by atoms with Crippen molar-refractivity contribution in [2.75, 3.05) is 6.54 Å². The topological polar surface area (TPSA) is 52.5 Å². The molecule has 2 fully saturated rings. The van der Waals surface area contributed by atoms with Crippen LogP contribution in [-0.4, -0.2) is 28.9 Å². The third kappa shape index (κ3) is 5.61. The summed E-state index contributed by atoms with van der Waals surface area (Å²) in [6.07, 6.45) is 16.4. The molecular weight excluding hydrogens is 406 g/mol. The Morgan fingerprint density at radius 2 is 1.73 bits per heavy atom. The fourth-order valence-electron chi connectivity index (χ4n) is 7.84. The van der Waals surface area contributed by atoms with Crippen molar-refractivity contribution in [1.29, 1.82) is 0 Å². The number of phenols is 1.